The summed E-state index contributed by atoms with van der Waals surface area (Å²) in [7, 11) is 0. The fourth-order valence-corrected chi connectivity index (χ4v) is 3.58. The number of nitrogens with zero attached hydrogens (tertiary/aromatic N) is 5. The van der Waals surface area contributed by atoms with Gasteiger partial charge < -0.3 is 10.1 Å². The van der Waals surface area contributed by atoms with E-state index in [9.17, 15) is 4.39 Å². The van der Waals surface area contributed by atoms with Crippen LogP contribution >= 0.6 is 12.4 Å². The predicted octanol–water partition coefficient (Wildman–Crippen LogP) is 3.60. The number of aromatic nitrogens is 5. The molecule has 0 unspecified atom stereocenters. The number of hydrogen-bond donors (Lipinski definition) is 1. The summed E-state index contributed by atoms with van der Waals surface area (Å²) in [5.74, 6) is 1.04. The minimum atomic E-state index is -0.251. The van der Waals surface area contributed by atoms with Crippen molar-refractivity contribution in [2.45, 2.75) is 19.9 Å². The average Bonchev–Trinajstić information content (AvgIpc) is 3.37. The lowest BCUT2D eigenvalue weighted by Crippen LogP contribution is -2.09. The number of benzene rings is 1. The Hall–Kier alpha value is -3.26. The summed E-state index contributed by atoms with van der Waals surface area (Å²) in [5.41, 5.74) is 4.85. The molecule has 1 aromatic carbocycles. The summed E-state index contributed by atoms with van der Waals surface area (Å²) in [4.78, 5) is 8.86. The van der Waals surface area contributed by atoms with Crippen molar-refractivity contribution < 1.29 is 9.13 Å². The van der Waals surface area contributed by atoms with Crippen LogP contribution in [0.25, 0.3) is 16.8 Å². The zero-order valence-electron chi connectivity index (χ0n) is 15.6. The molecule has 5 rings (SSSR count). The highest BCUT2D eigenvalue weighted by Crippen LogP contribution is 2.31. The Labute approximate surface area is 172 Å². The summed E-state index contributed by atoms with van der Waals surface area (Å²) >= 11 is 0. The van der Waals surface area contributed by atoms with Gasteiger partial charge in [-0.3, -0.25) is 9.38 Å². The number of rotatable bonds is 4. The summed E-state index contributed by atoms with van der Waals surface area (Å²) in [6.45, 7) is 2.82. The van der Waals surface area contributed by atoms with Crippen molar-refractivity contribution in [1.29, 1.82) is 0 Å². The monoisotopic (exact) mass is 412 g/mol. The molecule has 29 heavy (non-hydrogen) atoms. The minimum Gasteiger partial charge on any atom is -0.493 e. The van der Waals surface area contributed by atoms with Gasteiger partial charge in [-0.2, -0.15) is 0 Å². The van der Waals surface area contributed by atoms with E-state index in [4.69, 9.17) is 4.74 Å². The molecule has 3 aromatic heterocycles. The van der Waals surface area contributed by atoms with Crippen LogP contribution in [0.4, 0.5) is 10.3 Å². The van der Waals surface area contributed by atoms with Crippen LogP contribution in [-0.2, 0) is 13.0 Å². The molecule has 7 nitrogen and oxygen atoms in total. The average molecular weight is 413 g/mol. The van der Waals surface area contributed by atoms with E-state index in [1.165, 1.54) is 6.07 Å². The van der Waals surface area contributed by atoms with Gasteiger partial charge in [-0.25, -0.2) is 9.37 Å². The Balaban J connectivity index is 0.00000205. The zero-order chi connectivity index (χ0) is 19.1. The summed E-state index contributed by atoms with van der Waals surface area (Å²) in [6, 6.07) is 6.98. The molecule has 0 atom stereocenters. The topological polar surface area (TPSA) is 77.2 Å². The molecule has 0 spiro atoms. The second-order valence-electron chi connectivity index (χ2n) is 6.61. The molecule has 0 saturated heterocycles. The van der Waals surface area contributed by atoms with Gasteiger partial charge in [-0.1, -0.05) is 6.07 Å². The Morgan fingerprint density at radius 2 is 2.10 bits per heavy atom. The number of nitrogens with one attached hydrogen (secondary N) is 1. The van der Waals surface area contributed by atoms with Gasteiger partial charge in [-0.15, -0.1) is 22.6 Å². The van der Waals surface area contributed by atoms with E-state index < -0.39 is 0 Å². The van der Waals surface area contributed by atoms with E-state index in [1.807, 2.05) is 19.1 Å². The molecule has 1 N–H and O–H groups in total. The Morgan fingerprint density at radius 1 is 1.21 bits per heavy atom. The molecular formula is C20H18ClFN6O. The molecule has 0 amide bonds. The van der Waals surface area contributed by atoms with Crippen molar-refractivity contribution in [1.82, 2.24) is 24.6 Å². The Bertz CT molecular complexity index is 1200. The molecule has 1 aliphatic heterocycles. The van der Waals surface area contributed by atoms with Crippen LogP contribution < -0.4 is 10.1 Å². The number of anilines is 1. The SMILES string of the molecule is Cc1ncccc1-c1cnc(NCc2c(F)ccc3c2CCO3)n2cnnc12.Cl. The van der Waals surface area contributed by atoms with E-state index in [0.29, 0.717) is 36.7 Å². The van der Waals surface area contributed by atoms with Crippen LogP contribution in [0.1, 0.15) is 16.8 Å². The molecule has 9 heteroatoms. The van der Waals surface area contributed by atoms with E-state index in [0.717, 1.165) is 28.1 Å². The maximum atomic E-state index is 14.4. The van der Waals surface area contributed by atoms with Gasteiger partial charge in [0.1, 0.15) is 17.9 Å². The van der Waals surface area contributed by atoms with Gasteiger partial charge in [-0.05, 0) is 25.1 Å². The molecule has 4 heterocycles. The quantitative estimate of drug-likeness (QED) is 0.552. The Morgan fingerprint density at radius 3 is 2.97 bits per heavy atom. The molecule has 4 aromatic rings. The standard InChI is InChI=1S/C20H17FN6O.ClH/c1-12-13(3-2-7-22-12)16-10-24-20(27-11-25-26-19(16)27)23-9-15-14-6-8-28-18(14)5-4-17(15)21;/h2-5,7,10-11H,6,8-9H2,1H3,(H,23,24);1H. The van der Waals surface area contributed by atoms with Crippen LogP contribution in [0, 0.1) is 12.7 Å². The highest BCUT2D eigenvalue weighted by Gasteiger charge is 2.20. The lowest BCUT2D eigenvalue weighted by molar-refractivity contribution is 0.356. The maximum absolute atomic E-state index is 14.4. The molecule has 0 saturated carbocycles. The van der Waals surface area contributed by atoms with Gasteiger partial charge in [0.25, 0.3) is 0 Å². The molecule has 0 aliphatic carbocycles. The lowest BCUT2D eigenvalue weighted by atomic mass is 10.0. The van der Waals surface area contributed by atoms with E-state index in [1.54, 1.807) is 29.2 Å². The lowest BCUT2D eigenvalue weighted by Gasteiger charge is -2.13. The third kappa shape index (κ3) is 3.25. The number of fused-ring (bicyclic) bond motifs is 2. The first kappa shape index (κ1) is 19.1. The summed E-state index contributed by atoms with van der Waals surface area (Å²) in [6.07, 6.45) is 5.79. The van der Waals surface area contributed by atoms with Crippen molar-refractivity contribution >= 4 is 24.0 Å². The fraction of sp³-hybridized carbons (Fsp3) is 0.200. The fourth-order valence-electron chi connectivity index (χ4n) is 3.58. The van der Waals surface area contributed by atoms with Crippen LogP contribution in [0.3, 0.4) is 0 Å². The first-order chi connectivity index (χ1) is 13.7. The van der Waals surface area contributed by atoms with Gasteiger partial charge in [0.05, 0.1) is 6.61 Å². The van der Waals surface area contributed by atoms with Gasteiger partial charge >= 0.3 is 0 Å². The van der Waals surface area contributed by atoms with Gasteiger partial charge in [0.15, 0.2) is 5.65 Å². The van der Waals surface area contributed by atoms with E-state index >= 15 is 0 Å². The second-order valence-corrected chi connectivity index (χ2v) is 6.61. The summed E-state index contributed by atoms with van der Waals surface area (Å²) < 4.78 is 21.7. The molecule has 1 aliphatic rings. The smallest absolute Gasteiger partial charge is 0.210 e. The van der Waals surface area contributed by atoms with E-state index in [2.05, 4.69) is 25.5 Å². The summed E-state index contributed by atoms with van der Waals surface area (Å²) in [5, 5.41) is 11.5. The first-order valence-corrected chi connectivity index (χ1v) is 9.00. The van der Waals surface area contributed by atoms with Crippen LogP contribution in [0.5, 0.6) is 5.75 Å². The number of ether oxygens (including phenoxy) is 1. The predicted molar refractivity (Wildman–Crippen MR) is 109 cm³/mol. The van der Waals surface area contributed by atoms with Crippen LogP contribution in [0.2, 0.25) is 0 Å². The van der Waals surface area contributed by atoms with Crippen LogP contribution in [-0.4, -0.2) is 31.2 Å². The number of hydrogen-bond acceptors (Lipinski definition) is 6. The first-order valence-electron chi connectivity index (χ1n) is 9.00. The number of pyridine rings is 1. The molecule has 0 fully saturated rings. The molecular weight excluding hydrogens is 395 g/mol. The van der Waals surface area contributed by atoms with Gasteiger partial charge in [0, 0.05) is 53.3 Å². The van der Waals surface area contributed by atoms with Crippen molar-refractivity contribution in [3.05, 3.63) is 65.6 Å². The normalized spacial score (nSPS) is 12.3. The Kier molecular flexibility index (Phi) is 5.02. The number of aryl methyl sites for hydroxylation is 1. The number of halogens is 2. The molecule has 0 bridgehead atoms. The van der Waals surface area contributed by atoms with E-state index in [-0.39, 0.29) is 18.2 Å². The highest BCUT2D eigenvalue weighted by molar-refractivity contribution is 5.85. The maximum Gasteiger partial charge on any atom is 0.210 e. The molecule has 0 radical (unpaired) electrons. The van der Waals surface area contributed by atoms with Crippen molar-refractivity contribution in [2.24, 2.45) is 0 Å². The van der Waals surface area contributed by atoms with Gasteiger partial charge in [0.2, 0.25) is 5.95 Å². The molecule has 148 valence electrons. The zero-order valence-corrected chi connectivity index (χ0v) is 16.4. The van der Waals surface area contributed by atoms with Crippen molar-refractivity contribution in [2.75, 3.05) is 11.9 Å². The van der Waals surface area contributed by atoms with Crippen LogP contribution in [0.15, 0.2) is 43.0 Å². The highest BCUT2D eigenvalue weighted by atomic mass is 35.5. The second kappa shape index (κ2) is 7.63. The third-order valence-corrected chi connectivity index (χ3v) is 4.99. The third-order valence-electron chi connectivity index (χ3n) is 4.99. The van der Waals surface area contributed by atoms with Crippen molar-refractivity contribution in [3.8, 4) is 16.9 Å². The largest absolute Gasteiger partial charge is 0.493 e. The minimum absolute atomic E-state index is 0. The van der Waals surface area contributed by atoms with Crippen molar-refractivity contribution in [3.63, 3.8) is 0 Å².